The number of nitrogens with zero attached hydrogens (tertiary/aromatic N) is 3. The van der Waals surface area contributed by atoms with Crippen LogP contribution in [0.5, 0.6) is 0 Å². The molecule has 0 aliphatic carbocycles. The molecule has 35 heavy (non-hydrogen) atoms. The summed E-state index contributed by atoms with van der Waals surface area (Å²) in [6.45, 7) is 7.50. The van der Waals surface area contributed by atoms with Crippen LogP contribution in [0.2, 0.25) is 0 Å². The van der Waals surface area contributed by atoms with Gasteiger partial charge in [0.15, 0.2) is 5.13 Å². The number of rotatable bonds is 7. The quantitative estimate of drug-likeness (QED) is 0.587. The summed E-state index contributed by atoms with van der Waals surface area (Å²) in [7, 11) is 0. The van der Waals surface area contributed by atoms with Gasteiger partial charge in [0, 0.05) is 42.9 Å². The molecular weight excluding hydrogens is 468 g/mol. The van der Waals surface area contributed by atoms with Crippen molar-refractivity contribution in [3.8, 4) is 0 Å². The van der Waals surface area contributed by atoms with Crippen LogP contribution in [0.1, 0.15) is 54.5 Å². The minimum Gasteiger partial charge on any atom is -0.462 e. The van der Waals surface area contributed by atoms with E-state index in [0.717, 1.165) is 10.6 Å². The maximum absolute atomic E-state index is 12.9. The molecule has 10 heteroatoms. The van der Waals surface area contributed by atoms with Crippen molar-refractivity contribution in [2.24, 2.45) is 11.8 Å². The number of thiazole rings is 1. The Labute approximate surface area is 208 Å². The Hall–Kier alpha value is -3.27. The molecule has 1 aromatic carbocycles. The van der Waals surface area contributed by atoms with Gasteiger partial charge in [-0.25, -0.2) is 9.78 Å². The number of aromatic nitrogens is 1. The molecule has 9 nitrogen and oxygen atoms in total. The molecule has 1 N–H and O–H groups in total. The molecule has 0 spiro atoms. The van der Waals surface area contributed by atoms with E-state index in [-0.39, 0.29) is 30.7 Å². The van der Waals surface area contributed by atoms with Gasteiger partial charge in [-0.05, 0) is 37.1 Å². The molecule has 2 aliphatic rings. The van der Waals surface area contributed by atoms with Crippen LogP contribution in [0, 0.1) is 11.8 Å². The fraction of sp³-hybridized carbons (Fsp3) is 0.480. The van der Waals surface area contributed by atoms with Crippen molar-refractivity contribution in [3.05, 3.63) is 40.4 Å². The zero-order valence-corrected chi connectivity index (χ0v) is 21.0. The van der Waals surface area contributed by atoms with Gasteiger partial charge in [-0.1, -0.05) is 25.2 Å². The fourth-order valence-corrected chi connectivity index (χ4v) is 5.30. The normalized spacial score (nSPS) is 17.5. The number of esters is 1. The Bertz CT molecular complexity index is 1130. The summed E-state index contributed by atoms with van der Waals surface area (Å²) in [4.78, 5) is 58.7. The van der Waals surface area contributed by atoms with Gasteiger partial charge < -0.3 is 19.9 Å². The van der Waals surface area contributed by atoms with Crippen LogP contribution in [0.15, 0.2) is 24.3 Å². The van der Waals surface area contributed by atoms with Crippen LogP contribution in [-0.2, 0) is 32.1 Å². The van der Waals surface area contributed by atoms with Crippen molar-refractivity contribution >= 4 is 45.8 Å². The molecule has 1 aromatic heterocycles. The smallest absolute Gasteiger partial charge is 0.338 e. The lowest BCUT2D eigenvalue weighted by Gasteiger charge is -2.26. The van der Waals surface area contributed by atoms with E-state index in [1.165, 1.54) is 11.3 Å². The van der Waals surface area contributed by atoms with Gasteiger partial charge in [-0.2, -0.15) is 0 Å². The lowest BCUT2D eigenvalue weighted by molar-refractivity contribution is -0.132. The first-order valence-electron chi connectivity index (χ1n) is 11.9. The Balaban J connectivity index is 1.36. The molecule has 2 aliphatic heterocycles. The standard InChI is InChI=1S/C25H30N4O5S/c1-4-34-24(33)16-5-7-18(8-6-16)29-13-17(12-22(29)31)23(32)27-25-26-19-9-10-28(14-20(19)35-25)21(30)11-15(2)3/h5-8,15,17H,4,9-14H2,1-3H3,(H,26,27,32). The Morgan fingerprint density at radius 3 is 2.66 bits per heavy atom. The first kappa shape index (κ1) is 24.8. The van der Waals surface area contributed by atoms with E-state index >= 15 is 0 Å². The maximum Gasteiger partial charge on any atom is 0.338 e. The average Bonchev–Trinajstić information content (AvgIpc) is 3.41. The number of carbonyl (C=O) groups is 4. The van der Waals surface area contributed by atoms with Gasteiger partial charge in [0.05, 0.1) is 30.3 Å². The van der Waals surface area contributed by atoms with E-state index in [1.54, 1.807) is 36.1 Å². The Morgan fingerprint density at radius 1 is 1.23 bits per heavy atom. The average molecular weight is 499 g/mol. The van der Waals surface area contributed by atoms with E-state index in [4.69, 9.17) is 4.74 Å². The van der Waals surface area contributed by atoms with Crippen LogP contribution in [0.25, 0.3) is 0 Å². The molecule has 1 unspecified atom stereocenters. The van der Waals surface area contributed by atoms with Crippen LogP contribution >= 0.6 is 11.3 Å². The van der Waals surface area contributed by atoms with E-state index < -0.39 is 11.9 Å². The molecular formula is C25H30N4O5S. The first-order valence-corrected chi connectivity index (χ1v) is 12.7. The van der Waals surface area contributed by atoms with Crippen LogP contribution in [-0.4, -0.2) is 53.3 Å². The van der Waals surface area contributed by atoms with Crippen molar-refractivity contribution < 1.29 is 23.9 Å². The molecule has 1 fully saturated rings. The number of hydrogen-bond donors (Lipinski definition) is 1. The van der Waals surface area contributed by atoms with E-state index in [1.807, 2.05) is 18.7 Å². The van der Waals surface area contributed by atoms with Crippen molar-refractivity contribution in [2.45, 2.75) is 46.6 Å². The third-order valence-corrected chi connectivity index (χ3v) is 7.08. The Kier molecular flexibility index (Phi) is 7.49. The molecule has 1 saturated heterocycles. The SMILES string of the molecule is CCOC(=O)c1ccc(N2CC(C(=O)Nc3nc4c(s3)CN(C(=O)CC(C)C)CC4)CC2=O)cc1. The van der Waals surface area contributed by atoms with Gasteiger partial charge in [0.2, 0.25) is 17.7 Å². The van der Waals surface area contributed by atoms with Gasteiger partial charge >= 0.3 is 5.97 Å². The minimum atomic E-state index is -0.503. The minimum absolute atomic E-state index is 0.105. The van der Waals surface area contributed by atoms with Gasteiger partial charge in [0.25, 0.3) is 0 Å². The predicted molar refractivity (Wildman–Crippen MR) is 132 cm³/mol. The second-order valence-corrected chi connectivity index (χ2v) is 10.3. The third-order valence-electron chi connectivity index (χ3n) is 6.08. The molecule has 0 bridgehead atoms. The van der Waals surface area contributed by atoms with Crippen molar-refractivity contribution in [1.82, 2.24) is 9.88 Å². The number of nitrogens with one attached hydrogen (secondary N) is 1. The highest BCUT2D eigenvalue weighted by molar-refractivity contribution is 7.15. The van der Waals surface area contributed by atoms with E-state index in [9.17, 15) is 19.2 Å². The maximum atomic E-state index is 12.9. The summed E-state index contributed by atoms with van der Waals surface area (Å²) >= 11 is 1.39. The van der Waals surface area contributed by atoms with E-state index in [2.05, 4.69) is 10.3 Å². The monoisotopic (exact) mass is 498 g/mol. The predicted octanol–water partition coefficient (Wildman–Crippen LogP) is 3.24. The number of ether oxygens (including phenoxy) is 1. The zero-order chi connectivity index (χ0) is 25.1. The number of fused-ring (bicyclic) bond motifs is 1. The number of carbonyl (C=O) groups excluding carboxylic acids is 4. The molecule has 0 radical (unpaired) electrons. The molecule has 1 atom stereocenters. The van der Waals surface area contributed by atoms with Gasteiger partial charge in [0.1, 0.15) is 0 Å². The fourth-order valence-electron chi connectivity index (χ4n) is 4.27. The van der Waals surface area contributed by atoms with Crippen molar-refractivity contribution in [3.63, 3.8) is 0 Å². The summed E-state index contributed by atoms with van der Waals surface area (Å²) in [6.07, 6.45) is 1.30. The molecule has 2 aromatic rings. The molecule has 3 amide bonds. The molecule has 0 saturated carbocycles. The van der Waals surface area contributed by atoms with Crippen LogP contribution in [0.4, 0.5) is 10.8 Å². The van der Waals surface area contributed by atoms with Crippen molar-refractivity contribution in [2.75, 3.05) is 29.9 Å². The largest absolute Gasteiger partial charge is 0.462 e. The number of anilines is 2. The van der Waals surface area contributed by atoms with Crippen molar-refractivity contribution in [1.29, 1.82) is 0 Å². The number of amides is 3. The zero-order valence-electron chi connectivity index (χ0n) is 20.2. The van der Waals surface area contributed by atoms with E-state index in [0.29, 0.717) is 54.8 Å². The second kappa shape index (κ2) is 10.6. The second-order valence-electron chi connectivity index (χ2n) is 9.21. The lowest BCUT2D eigenvalue weighted by Crippen LogP contribution is -2.36. The van der Waals surface area contributed by atoms with Crippen LogP contribution < -0.4 is 10.2 Å². The van der Waals surface area contributed by atoms with Crippen LogP contribution in [0.3, 0.4) is 0 Å². The summed E-state index contributed by atoms with van der Waals surface area (Å²) in [5.74, 6) is -0.858. The topological polar surface area (TPSA) is 109 Å². The molecule has 186 valence electrons. The number of benzene rings is 1. The summed E-state index contributed by atoms with van der Waals surface area (Å²) in [5.41, 5.74) is 1.97. The summed E-state index contributed by atoms with van der Waals surface area (Å²) < 4.78 is 4.99. The highest BCUT2D eigenvalue weighted by atomic mass is 32.1. The third kappa shape index (κ3) is 5.70. The highest BCUT2D eigenvalue weighted by Gasteiger charge is 2.36. The Morgan fingerprint density at radius 2 is 1.97 bits per heavy atom. The number of hydrogen-bond acceptors (Lipinski definition) is 7. The first-order chi connectivity index (χ1) is 16.7. The lowest BCUT2D eigenvalue weighted by atomic mass is 10.1. The summed E-state index contributed by atoms with van der Waals surface area (Å²) in [5, 5.41) is 3.38. The molecule has 4 rings (SSSR count). The highest BCUT2D eigenvalue weighted by Crippen LogP contribution is 2.31. The van der Waals surface area contributed by atoms with Gasteiger partial charge in [-0.15, -0.1) is 0 Å². The van der Waals surface area contributed by atoms with Gasteiger partial charge in [-0.3, -0.25) is 14.4 Å². The molecule has 3 heterocycles. The summed E-state index contributed by atoms with van der Waals surface area (Å²) in [6, 6.07) is 6.60.